The molecule has 0 aromatic carbocycles. The molecule has 0 unspecified atom stereocenters. The van der Waals surface area contributed by atoms with Crippen molar-refractivity contribution in [2.24, 2.45) is 0 Å². The van der Waals surface area contributed by atoms with E-state index in [0.717, 1.165) is 19.4 Å². The van der Waals surface area contributed by atoms with Crippen LogP contribution in [0.25, 0.3) is 0 Å². The van der Waals surface area contributed by atoms with Crippen LogP contribution in [0.5, 0.6) is 0 Å². The van der Waals surface area contributed by atoms with Gasteiger partial charge in [0.1, 0.15) is 0 Å². The fourth-order valence-corrected chi connectivity index (χ4v) is 1.40. The lowest BCUT2D eigenvalue weighted by atomic mass is 10.1. The molecule has 0 spiro atoms. The Hall–Kier alpha value is -0.570. The van der Waals surface area contributed by atoms with Crippen molar-refractivity contribution in [3.63, 3.8) is 0 Å². The Kier molecular flexibility index (Phi) is 4.83. The van der Waals surface area contributed by atoms with E-state index in [9.17, 15) is 4.79 Å². The predicted octanol–water partition coefficient (Wildman–Crippen LogP) is 1.90. The van der Waals surface area contributed by atoms with Gasteiger partial charge in [0, 0.05) is 13.0 Å². The van der Waals surface area contributed by atoms with Gasteiger partial charge < -0.3 is 9.47 Å². The minimum absolute atomic E-state index is 0.109. The third-order valence-corrected chi connectivity index (χ3v) is 2.20. The molecule has 0 amide bonds. The van der Waals surface area contributed by atoms with Gasteiger partial charge in [0.2, 0.25) is 0 Å². The highest BCUT2D eigenvalue weighted by Gasteiger charge is 2.20. The number of esters is 1. The fourth-order valence-electron chi connectivity index (χ4n) is 1.40. The largest absolute Gasteiger partial charge is 0.465 e. The van der Waals surface area contributed by atoms with E-state index in [2.05, 4.69) is 6.92 Å². The van der Waals surface area contributed by atoms with Gasteiger partial charge in [-0.15, -0.1) is 0 Å². The Morgan fingerprint density at radius 3 is 3.08 bits per heavy atom. The average molecular weight is 186 g/mol. The van der Waals surface area contributed by atoms with E-state index in [-0.39, 0.29) is 12.1 Å². The zero-order chi connectivity index (χ0) is 9.52. The van der Waals surface area contributed by atoms with E-state index < -0.39 is 0 Å². The van der Waals surface area contributed by atoms with E-state index in [0.29, 0.717) is 13.0 Å². The number of rotatable bonds is 5. The Morgan fingerprint density at radius 2 is 2.38 bits per heavy atom. The number of unbranched alkanes of at least 4 members (excludes halogenated alkanes) is 2. The zero-order valence-corrected chi connectivity index (χ0v) is 8.25. The Morgan fingerprint density at radius 1 is 1.54 bits per heavy atom. The van der Waals surface area contributed by atoms with Crippen molar-refractivity contribution >= 4 is 5.97 Å². The van der Waals surface area contributed by atoms with Gasteiger partial charge in [0.05, 0.1) is 19.1 Å². The maximum absolute atomic E-state index is 10.9. The van der Waals surface area contributed by atoms with Crippen molar-refractivity contribution in [3.8, 4) is 0 Å². The molecule has 0 aliphatic carbocycles. The quantitative estimate of drug-likeness (QED) is 0.486. The molecule has 0 bridgehead atoms. The topological polar surface area (TPSA) is 35.5 Å². The van der Waals surface area contributed by atoms with Crippen LogP contribution in [0.15, 0.2) is 0 Å². The number of hydrogen-bond acceptors (Lipinski definition) is 3. The fraction of sp³-hybridized carbons (Fsp3) is 0.900. The first-order valence-corrected chi connectivity index (χ1v) is 5.10. The Bertz CT molecular complexity index is 156. The summed E-state index contributed by atoms with van der Waals surface area (Å²) < 4.78 is 10.4. The molecule has 76 valence electrons. The summed E-state index contributed by atoms with van der Waals surface area (Å²) in [6.07, 6.45) is 4.91. The predicted molar refractivity (Wildman–Crippen MR) is 49.5 cm³/mol. The van der Waals surface area contributed by atoms with Gasteiger partial charge in [0.15, 0.2) is 0 Å². The minimum atomic E-state index is -0.119. The lowest BCUT2D eigenvalue weighted by molar-refractivity contribution is -0.154. The lowest BCUT2D eigenvalue weighted by Crippen LogP contribution is -2.27. The van der Waals surface area contributed by atoms with Gasteiger partial charge in [-0.3, -0.25) is 4.79 Å². The Labute approximate surface area is 79.4 Å². The summed E-state index contributed by atoms with van der Waals surface area (Å²) in [7, 11) is 0. The van der Waals surface area contributed by atoms with Gasteiger partial charge in [-0.25, -0.2) is 0 Å². The van der Waals surface area contributed by atoms with Crippen LogP contribution in [0, 0.1) is 0 Å². The molecule has 0 aromatic heterocycles. The summed E-state index contributed by atoms with van der Waals surface area (Å²) in [6, 6.07) is 0. The summed E-state index contributed by atoms with van der Waals surface area (Å²) >= 11 is 0. The van der Waals surface area contributed by atoms with E-state index in [1.54, 1.807) is 0 Å². The smallest absolute Gasteiger partial charge is 0.308 e. The number of hydrogen-bond donors (Lipinski definition) is 0. The van der Waals surface area contributed by atoms with Gasteiger partial charge in [-0.1, -0.05) is 19.8 Å². The summed E-state index contributed by atoms with van der Waals surface area (Å²) in [6.45, 7) is 3.47. The SMILES string of the molecule is CCCCCO[C@H]1CCOC(=O)C1. The second-order valence-corrected chi connectivity index (χ2v) is 3.41. The average Bonchev–Trinajstić information content (AvgIpc) is 2.13. The maximum atomic E-state index is 10.9. The molecular weight excluding hydrogens is 168 g/mol. The number of ether oxygens (including phenoxy) is 2. The van der Waals surface area contributed by atoms with Crippen molar-refractivity contribution in [1.82, 2.24) is 0 Å². The van der Waals surface area contributed by atoms with Crippen LogP contribution < -0.4 is 0 Å². The highest BCUT2D eigenvalue weighted by atomic mass is 16.5. The summed E-state index contributed by atoms with van der Waals surface area (Å²) in [5.74, 6) is -0.119. The van der Waals surface area contributed by atoms with Crippen molar-refractivity contribution < 1.29 is 14.3 Å². The molecule has 1 heterocycles. The van der Waals surface area contributed by atoms with Crippen molar-refractivity contribution in [2.75, 3.05) is 13.2 Å². The molecule has 3 heteroatoms. The van der Waals surface area contributed by atoms with Crippen molar-refractivity contribution in [1.29, 1.82) is 0 Å². The van der Waals surface area contributed by atoms with Crippen LogP contribution in [-0.2, 0) is 14.3 Å². The molecule has 1 aliphatic heterocycles. The van der Waals surface area contributed by atoms with Crippen LogP contribution in [0.2, 0.25) is 0 Å². The van der Waals surface area contributed by atoms with Crippen LogP contribution in [0.1, 0.15) is 39.0 Å². The van der Waals surface area contributed by atoms with E-state index in [4.69, 9.17) is 9.47 Å². The van der Waals surface area contributed by atoms with Gasteiger partial charge >= 0.3 is 5.97 Å². The molecule has 3 nitrogen and oxygen atoms in total. The molecule has 1 atom stereocenters. The van der Waals surface area contributed by atoms with Crippen LogP contribution in [-0.4, -0.2) is 25.3 Å². The number of cyclic esters (lactones) is 1. The van der Waals surface area contributed by atoms with Crippen LogP contribution in [0.3, 0.4) is 0 Å². The van der Waals surface area contributed by atoms with Gasteiger partial charge in [-0.05, 0) is 6.42 Å². The van der Waals surface area contributed by atoms with Gasteiger partial charge in [-0.2, -0.15) is 0 Å². The highest BCUT2D eigenvalue weighted by molar-refractivity contribution is 5.70. The first-order valence-electron chi connectivity index (χ1n) is 5.10. The highest BCUT2D eigenvalue weighted by Crippen LogP contribution is 2.12. The Balaban J connectivity index is 2.03. The summed E-state index contributed by atoms with van der Waals surface area (Å²) in [4.78, 5) is 10.9. The molecule has 1 saturated heterocycles. The van der Waals surface area contributed by atoms with E-state index in [1.807, 2.05) is 0 Å². The summed E-state index contributed by atoms with van der Waals surface area (Å²) in [5, 5.41) is 0. The molecule has 0 aromatic rings. The van der Waals surface area contributed by atoms with E-state index >= 15 is 0 Å². The lowest BCUT2D eigenvalue weighted by Gasteiger charge is -2.21. The molecule has 1 rings (SSSR count). The number of carbonyl (C=O) groups is 1. The van der Waals surface area contributed by atoms with E-state index in [1.165, 1.54) is 12.8 Å². The standard InChI is InChI=1S/C10H18O3/c1-2-3-4-6-12-9-5-7-13-10(11)8-9/h9H,2-8H2,1H3/t9-/m0/s1. The molecule has 0 radical (unpaired) electrons. The molecule has 1 aliphatic rings. The molecule has 0 saturated carbocycles. The first-order chi connectivity index (χ1) is 6.33. The first kappa shape index (κ1) is 10.5. The molecule has 13 heavy (non-hydrogen) atoms. The molecule has 1 fully saturated rings. The third-order valence-electron chi connectivity index (χ3n) is 2.20. The molecular formula is C10H18O3. The number of carbonyl (C=O) groups excluding carboxylic acids is 1. The second-order valence-electron chi connectivity index (χ2n) is 3.41. The van der Waals surface area contributed by atoms with Crippen molar-refractivity contribution in [3.05, 3.63) is 0 Å². The van der Waals surface area contributed by atoms with Crippen LogP contribution >= 0.6 is 0 Å². The second kappa shape index (κ2) is 5.97. The van der Waals surface area contributed by atoms with Crippen LogP contribution in [0.4, 0.5) is 0 Å². The monoisotopic (exact) mass is 186 g/mol. The summed E-state index contributed by atoms with van der Waals surface area (Å²) in [5.41, 5.74) is 0. The van der Waals surface area contributed by atoms with Gasteiger partial charge in [0.25, 0.3) is 0 Å². The third kappa shape index (κ3) is 4.27. The maximum Gasteiger partial charge on any atom is 0.308 e. The zero-order valence-electron chi connectivity index (χ0n) is 8.25. The normalized spacial score (nSPS) is 22.8. The van der Waals surface area contributed by atoms with Crippen molar-refractivity contribution in [2.45, 2.75) is 45.1 Å². The molecule has 0 N–H and O–H groups in total. The minimum Gasteiger partial charge on any atom is -0.465 e.